The van der Waals surface area contributed by atoms with E-state index in [-0.39, 0.29) is 6.54 Å². The molecule has 0 aliphatic carbocycles. The van der Waals surface area contributed by atoms with Crippen molar-refractivity contribution in [3.05, 3.63) is 22.3 Å². The van der Waals surface area contributed by atoms with Gasteiger partial charge in [0.1, 0.15) is 5.82 Å². The van der Waals surface area contributed by atoms with Crippen molar-refractivity contribution in [2.45, 2.75) is 19.1 Å². The summed E-state index contributed by atoms with van der Waals surface area (Å²) in [5.41, 5.74) is 6.08. The second-order valence-electron chi connectivity index (χ2n) is 3.51. The smallest absolute Gasteiger partial charge is 0.237 e. The molecule has 16 heavy (non-hydrogen) atoms. The van der Waals surface area contributed by atoms with Crippen LogP contribution < -0.4 is 10.5 Å². The predicted octanol–water partition coefficient (Wildman–Crippen LogP) is 1.24. The van der Waals surface area contributed by atoms with E-state index < -0.39 is 15.3 Å². The number of anilines is 1. The lowest BCUT2D eigenvalue weighted by atomic mass is 10.3. The Labute approximate surface area is 104 Å². The highest BCUT2D eigenvalue weighted by Crippen LogP contribution is 2.18. The molecule has 1 rings (SSSR count). The Bertz CT molecular complexity index is 476. The summed E-state index contributed by atoms with van der Waals surface area (Å²) < 4.78 is 26.7. The predicted molar refractivity (Wildman–Crippen MR) is 67.7 cm³/mol. The van der Waals surface area contributed by atoms with Crippen molar-refractivity contribution in [3.63, 3.8) is 0 Å². The molecular weight excluding hydrogens is 294 g/mol. The van der Waals surface area contributed by atoms with Gasteiger partial charge in [0.25, 0.3) is 0 Å². The van der Waals surface area contributed by atoms with Gasteiger partial charge in [-0.3, -0.25) is 4.72 Å². The third kappa shape index (κ3) is 3.16. The van der Waals surface area contributed by atoms with E-state index in [0.29, 0.717) is 5.82 Å². The summed E-state index contributed by atoms with van der Waals surface area (Å²) in [7, 11) is -3.45. The van der Waals surface area contributed by atoms with Crippen molar-refractivity contribution in [2.75, 3.05) is 11.3 Å². The van der Waals surface area contributed by atoms with E-state index in [0.717, 1.165) is 10.0 Å². The fraction of sp³-hybridized carbons (Fsp3) is 0.444. The standard InChI is InChI=1S/C9H14BrN3O2S/c1-6-3-8(10)5-12-9(6)13-16(14,15)7(2)4-11/h3,5,7H,4,11H2,1-2H3,(H,12,13). The van der Waals surface area contributed by atoms with E-state index in [1.165, 1.54) is 6.20 Å². The Kier molecular flexibility index (Phi) is 4.28. The maximum Gasteiger partial charge on any atom is 0.237 e. The van der Waals surface area contributed by atoms with Crippen molar-refractivity contribution in [2.24, 2.45) is 5.73 Å². The summed E-state index contributed by atoms with van der Waals surface area (Å²) >= 11 is 3.26. The summed E-state index contributed by atoms with van der Waals surface area (Å²) in [5.74, 6) is 0.337. The highest BCUT2D eigenvalue weighted by molar-refractivity contribution is 9.10. The number of rotatable bonds is 4. The van der Waals surface area contributed by atoms with Crippen molar-refractivity contribution >= 4 is 31.8 Å². The zero-order chi connectivity index (χ0) is 12.3. The van der Waals surface area contributed by atoms with Gasteiger partial charge in [-0.05, 0) is 41.4 Å². The Morgan fingerprint density at radius 1 is 1.62 bits per heavy atom. The number of nitrogens with zero attached hydrogens (tertiary/aromatic N) is 1. The van der Waals surface area contributed by atoms with Crippen molar-refractivity contribution in [1.82, 2.24) is 4.98 Å². The van der Waals surface area contributed by atoms with Crippen LogP contribution in [0.4, 0.5) is 5.82 Å². The lowest BCUT2D eigenvalue weighted by Gasteiger charge is -2.13. The highest BCUT2D eigenvalue weighted by atomic mass is 79.9. The third-order valence-corrected chi connectivity index (χ3v) is 4.31. The topological polar surface area (TPSA) is 85.1 Å². The monoisotopic (exact) mass is 307 g/mol. The lowest BCUT2D eigenvalue weighted by Crippen LogP contribution is -2.32. The molecule has 1 aromatic rings. The summed E-state index contributed by atoms with van der Waals surface area (Å²) in [5, 5.41) is -0.641. The van der Waals surface area contributed by atoms with Crippen molar-refractivity contribution < 1.29 is 8.42 Å². The molecule has 0 aromatic carbocycles. The maximum absolute atomic E-state index is 11.7. The van der Waals surface area contributed by atoms with Gasteiger partial charge in [-0.2, -0.15) is 0 Å². The van der Waals surface area contributed by atoms with Gasteiger partial charge in [0, 0.05) is 17.2 Å². The molecule has 1 unspecified atom stereocenters. The highest BCUT2D eigenvalue weighted by Gasteiger charge is 2.20. The minimum atomic E-state index is -3.45. The molecular formula is C9H14BrN3O2S. The molecule has 1 atom stereocenters. The van der Waals surface area contributed by atoms with Crippen LogP contribution in [0.3, 0.4) is 0 Å². The van der Waals surface area contributed by atoms with Gasteiger partial charge in [-0.25, -0.2) is 13.4 Å². The number of halogens is 1. The maximum atomic E-state index is 11.7. The molecule has 0 amide bonds. The van der Waals surface area contributed by atoms with Crippen LogP contribution in [0, 0.1) is 6.92 Å². The number of nitrogens with two attached hydrogens (primary N) is 1. The molecule has 0 bridgehead atoms. The van der Waals surface area contributed by atoms with Gasteiger partial charge >= 0.3 is 0 Å². The second-order valence-corrected chi connectivity index (χ2v) is 6.53. The number of hydrogen-bond acceptors (Lipinski definition) is 4. The van der Waals surface area contributed by atoms with E-state index in [1.54, 1.807) is 19.9 Å². The Hall–Kier alpha value is -0.660. The van der Waals surface area contributed by atoms with Crippen molar-refractivity contribution in [3.8, 4) is 0 Å². The minimum Gasteiger partial charge on any atom is -0.329 e. The normalized spacial score (nSPS) is 13.5. The number of hydrogen-bond donors (Lipinski definition) is 2. The molecule has 0 saturated heterocycles. The fourth-order valence-corrected chi connectivity index (χ4v) is 2.39. The summed E-state index contributed by atoms with van der Waals surface area (Å²) in [6.07, 6.45) is 1.54. The van der Waals surface area contributed by atoms with Gasteiger partial charge in [0.15, 0.2) is 0 Å². The van der Waals surface area contributed by atoms with Crippen LogP contribution >= 0.6 is 15.9 Å². The van der Waals surface area contributed by atoms with Crippen LogP contribution in [0.25, 0.3) is 0 Å². The van der Waals surface area contributed by atoms with E-state index in [2.05, 4.69) is 25.6 Å². The first kappa shape index (κ1) is 13.4. The van der Waals surface area contributed by atoms with Crippen LogP contribution in [0.5, 0.6) is 0 Å². The first-order valence-electron chi connectivity index (χ1n) is 4.70. The number of aryl methyl sites for hydroxylation is 1. The number of sulfonamides is 1. The minimum absolute atomic E-state index is 0.0743. The fourth-order valence-electron chi connectivity index (χ4n) is 1.01. The van der Waals surface area contributed by atoms with Gasteiger partial charge in [-0.1, -0.05) is 0 Å². The van der Waals surface area contributed by atoms with Gasteiger partial charge < -0.3 is 5.73 Å². The molecule has 7 heteroatoms. The molecule has 0 saturated carbocycles. The van der Waals surface area contributed by atoms with E-state index in [1.807, 2.05) is 0 Å². The number of aromatic nitrogens is 1. The molecule has 0 spiro atoms. The summed E-state index contributed by atoms with van der Waals surface area (Å²) in [6, 6.07) is 1.79. The van der Waals surface area contributed by atoms with Gasteiger partial charge in [0.2, 0.25) is 10.0 Å². The zero-order valence-corrected chi connectivity index (χ0v) is 11.5. The van der Waals surface area contributed by atoms with Gasteiger partial charge in [0.05, 0.1) is 5.25 Å². The molecule has 1 heterocycles. The Balaban J connectivity index is 2.97. The summed E-state index contributed by atoms with van der Waals surface area (Å²) in [6.45, 7) is 3.41. The molecule has 0 fully saturated rings. The summed E-state index contributed by atoms with van der Waals surface area (Å²) in [4.78, 5) is 4.00. The van der Waals surface area contributed by atoms with E-state index in [4.69, 9.17) is 5.73 Å². The van der Waals surface area contributed by atoms with Crippen molar-refractivity contribution in [1.29, 1.82) is 0 Å². The lowest BCUT2D eigenvalue weighted by molar-refractivity contribution is 0.589. The Morgan fingerprint density at radius 3 is 2.75 bits per heavy atom. The molecule has 90 valence electrons. The van der Waals surface area contributed by atoms with Gasteiger partial charge in [-0.15, -0.1) is 0 Å². The molecule has 1 aromatic heterocycles. The number of pyridine rings is 1. The molecule has 3 N–H and O–H groups in total. The zero-order valence-electron chi connectivity index (χ0n) is 9.07. The largest absolute Gasteiger partial charge is 0.329 e. The van der Waals surface area contributed by atoms with Crippen LogP contribution in [0.15, 0.2) is 16.7 Å². The quantitative estimate of drug-likeness (QED) is 0.876. The van der Waals surface area contributed by atoms with E-state index in [9.17, 15) is 8.42 Å². The Morgan fingerprint density at radius 2 is 2.25 bits per heavy atom. The first-order chi connectivity index (χ1) is 7.36. The second kappa shape index (κ2) is 5.11. The third-order valence-electron chi connectivity index (χ3n) is 2.15. The van der Waals surface area contributed by atoms with Crippen LogP contribution in [0.2, 0.25) is 0 Å². The molecule has 0 aliphatic rings. The van der Waals surface area contributed by atoms with Crippen LogP contribution in [-0.4, -0.2) is 25.2 Å². The van der Waals surface area contributed by atoms with E-state index >= 15 is 0 Å². The molecule has 5 nitrogen and oxygen atoms in total. The van der Waals surface area contributed by atoms with Crippen LogP contribution in [0.1, 0.15) is 12.5 Å². The average molecular weight is 308 g/mol. The molecule has 0 aliphatic heterocycles. The average Bonchev–Trinajstić information content (AvgIpc) is 2.21. The molecule has 0 radical (unpaired) electrons. The van der Waals surface area contributed by atoms with Crippen LogP contribution in [-0.2, 0) is 10.0 Å². The SMILES string of the molecule is Cc1cc(Br)cnc1NS(=O)(=O)C(C)CN. The first-order valence-corrected chi connectivity index (χ1v) is 7.04. The number of nitrogens with one attached hydrogen (secondary N) is 1.